The van der Waals surface area contributed by atoms with Crippen molar-refractivity contribution in [1.82, 2.24) is 5.32 Å². The predicted octanol–water partition coefficient (Wildman–Crippen LogP) is 3.52. The fourth-order valence-corrected chi connectivity index (χ4v) is 3.08. The highest BCUT2D eigenvalue weighted by molar-refractivity contribution is 7.10. The Balaban J connectivity index is 2.84. The molecule has 2 unspecified atom stereocenters. The largest absolute Gasteiger partial charge is 0.379 e. The van der Waals surface area contributed by atoms with Gasteiger partial charge in [0.1, 0.15) is 0 Å². The molecule has 1 aromatic heterocycles. The van der Waals surface area contributed by atoms with Gasteiger partial charge >= 0.3 is 0 Å². The topological polar surface area (TPSA) is 21.3 Å². The van der Waals surface area contributed by atoms with Gasteiger partial charge in [-0.25, -0.2) is 0 Å². The molecule has 0 aromatic carbocycles. The maximum absolute atomic E-state index is 5.63. The van der Waals surface area contributed by atoms with Crippen LogP contribution in [0.5, 0.6) is 0 Å². The van der Waals surface area contributed by atoms with E-state index in [-0.39, 0.29) is 6.10 Å². The highest BCUT2D eigenvalue weighted by atomic mass is 32.1. The summed E-state index contributed by atoms with van der Waals surface area (Å²) in [6.07, 6.45) is 2.54. The minimum Gasteiger partial charge on any atom is -0.379 e. The number of hydrogen-bond donors (Lipinski definition) is 1. The molecule has 0 saturated heterocycles. The first kappa shape index (κ1) is 13.7. The Morgan fingerprint density at radius 2 is 2.19 bits per heavy atom. The van der Waals surface area contributed by atoms with Gasteiger partial charge in [0.25, 0.3) is 0 Å². The van der Waals surface area contributed by atoms with Crippen LogP contribution in [0.4, 0.5) is 0 Å². The second-order valence-corrected chi connectivity index (χ2v) is 5.01. The molecule has 0 aliphatic rings. The number of ether oxygens (including phenoxy) is 1. The highest BCUT2D eigenvalue weighted by Gasteiger charge is 2.23. The third-order valence-electron chi connectivity index (χ3n) is 2.86. The van der Waals surface area contributed by atoms with Crippen LogP contribution in [0.1, 0.15) is 43.2 Å². The first-order chi connectivity index (χ1) is 7.74. The van der Waals surface area contributed by atoms with Gasteiger partial charge in [0.05, 0.1) is 12.1 Å². The highest BCUT2D eigenvalue weighted by Crippen LogP contribution is 2.29. The molecule has 1 aromatic rings. The van der Waals surface area contributed by atoms with E-state index >= 15 is 0 Å². The molecule has 1 N–H and O–H groups in total. The Hall–Kier alpha value is -0.380. The molecule has 0 radical (unpaired) electrons. The maximum atomic E-state index is 5.63. The van der Waals surface area contributed by atoms with Gasteiger partial charge in [-0.15, -0.1) is 11.3 Å². The van der Waals surface area contributed by atoms with Crippen LogP contribution in [0.2, 0.25) is 0 Å². The lowest BCUT2D eigenvalue weighted by molar-refractivity contribution is 0.0620. The first-order valence-electron chi connectivity index (χ1n) is 6.04. The van der Waals surface area contributed by atoms with Gasteiger partial charge in [-0.1, -0.05) is 20.3 Å². The van der Waals surface area contributed by atoms with Crippen molar-refractivity contribution in [3.05, 3.63) is 21.9 Å². The molecule has 1 rings (SSSR count). The summed E-state index contributed by atoms with van der Waals surface area (Å²) in [5, 5.41) is 5.71. The summed E-state index contributed by atoms with van der Waals surface area (Å²) in [5.74, 6) is 0. The van der Waals surface area contributed by atoms with Gasteiger partial charge in [0.15, 0.2) is 0 Å². The second kappa shape index (κ2) is 7.05. The molecule has 2 atom stereocenters. The van der Waals surface area contributed by atoms with Crippen LogP contribution >= 0.6 is 11.3 Å². The van der Waals surface area contributed by atoms with Crippen molar-refractivity contribution in [2.75, 3.05) is 13.7 Å². The van der Waals surface area contributed by atoms with Gasteiger partial charge in [-0.2, -0.15) is 0 Å². The van der Waals surface area contributed by atoms with E-state index in [1.807, 2.05) is 18.4 Å². The molecule has 92 valence electrons. The summed E-state index contributed by atoms with van der Waals surface area (Å²) in [7, 11) is 1.81. The smallest absolute Gasteiger partial charge is 0.0773 e. The van der Waals surface area contributed by atoms with Crippen LogP contribution in [0, 0.1) is 6.92 Å². The van der Waals surface area contributed by atoms with E-state index < -0.39 is 0 Å². The molecule has 0 aliphatic heterocycles. The van der Waals surface area contributed by atoms with Crippen LogP contribution in [0.15, 0.2) is 11.4 Å². The first-order valence-corrected chi connectivity index (χ1v) is 6.92. The number of rotatable bonds is 7. The summed E-state index contributed by atoms with van der Waals surface area (Å²) in [5.41, 5.74) is 1.37. The molecular weight excluding hydrogens is 218 g/mol. The fourth-order valence-electron chi connectivity index (χ4n) is 2.02. The van der Waals surface area contributed by atoms with Gasteiger partial charge < -0.3 is 10.1 Å². The zero-order valence-electron chi connectivity index (χ0n) is 10.7. The number of nitrogens with one attached hydrogen (secondary N) is 1. The fraction of sp³-hybridized carbons (Fsp3) is 0.692. The molecular formula is C13H23NOS. The van der Waals surface area contributed by atoms with E-state index in [0.717, 1.165) is 19.4 Å². The van der Waals surface area contributed by atoms with Crippen molar-refractivity contribution < 1.29 is 4.74 Å². The summed E-state index contributed by atoms with van der Waals surface area (Å²) in [6, 6.07) is 2.53. The van der Waals surface area contributed by atoms with E-state index in [2.05, 4.69) is 37.5 Å². The van der Waals surface area contributed by atoms with Crippen LogP contribution in [0.25, 0.3) is 0 Å². The minimum atomic E-state index is 0.280. The zero-order chi connectivity index (χ0) is 12.0. The predicted molar refractivity (Wildman–Crippen MR) is 71.2 cm³/mol. The standard InChI is InChI=1S/C13H23NOS/c1-5-7-11(15-4)12(14-6-2)13-10(3)8-9-16-13/h8-9,11-12,14H,5-7H2,1-4H3. The molecule has 2 nitrogen and oxygen atoms in total. The monoisotopic (exact) mass is 241 g/mol. The third-order valence-corrected chi connectivity index (χ3v) is 3.96. The summed E-state index contributed by atoms with van der Waals surface area (Å²) >= 11 is 1.82. The molecule has 0 amide bonds. The van der Waals surface area contributed by atoms with Crippen molar-refractivity contribution in [2.45, 2.75) is 45.8 Å². The lowest BCUT2D eigenvalue weighted by Crippen LogP contribution is -2.33. The normalized spacial score (nSPS) is 15.0. The number of likely N-dealkylation sites (N-methyl/N-ethyl adjacent to an activating group) is 1. The lowest BCUT2D eigenvalue weighted by Gasteiger charge is -2.26. The van der Waals surface area contributed by atoms with Gasteiger partial charge in [-0.05, 0) is 36.9 Å². The molecule has 1 heterocycles. The SMILES string of the molecule is CCCC(OC)C(NCC)c1sccc1C. The van der Waals surface area contributed by atoms with E-state index in [4.69, 9.17) is 4.74 Å². The molecule has 0 fully saturated rings. The van der Waals surface area contributed by atoms with Crippen molar-refractivity contribution >= 4 is 11.3 Å². The van der Waals surface area contributed by atoms with Gasteiger partial charge in [-0.3, -0.25) is 0 Å². The van der Waals surface area contributed by atoms with E-state index in [1.54, 1.807) is 0 Å². The van der Waals surface area contributed by atoms with E-state index in [9.17, 15) is 0 Å². The minimum absolute atomic E-state index is 0.280. The maximum Gasteiger partial charge on any atom is 0.0773 e. The molecule has 0 spiro atoms. The molecule has 0 bridgehead atoms. The Kier molecular flexibility index (Phi) is 6.03. The number of thiophene rings is 1. The van der Waals surface area contributed by atoms with Gasteiger partial charge in [0.2, 0.25) is 0 Å². The Bertz CT molecular complexity index is 298. The summed E-state index contributed by atoms with van der Waals surface area (Å²) in [4.78, 5) is 1.42. The molecule has 0 saturated carbocycles. The van der Waals surface area contributed by atoms with Crippen molar-refractivity contribution in [3.8, 4) is 0 Å². The third kappa shape index (κ3) is 3.30. The van der Waals surface area contributed by atoms with Crippen LogP contribution in [-0.4, -0.2) is 19.8 Å². The quantitative estimate of drug-likeness (QED) is 0.788. The van der Waals surface area contributed by atoms with Crippen LogP contribution in [-0.2, 0) is 4.74 Å². The Morgan fingerprint density at radius 3 is 2.62 bits per heavy atom. The summed E-state index contributed by atoms with van der Waals surface area (Å²) < 4.78 is 5.63. The van der Waals surface area contributed by atoms with Gasteiger partial charge in [0, 0.05) is 12.0 Å². The Labute approximate surface area is 103 Å². The zero-order valence-corrected chi connectivity index (χ0v) is 11.6. The van der Waals surface area contributed by atoms with Crippen LogP contribution in [0.3, 0.4) is 0 Å². The number of aryl methyl sites for hydroxylation is 1. The molecule has 0 aliphatic carbocycles. The molecule has 3 heteroatoms. The van der Waals surface area contributed by atoms with Crippen LogP contribution < -0.4 is 5.32 Å². The molecule has 16 heavy (non-hydrogen) atoms. The van der Waals surface area contributed by atoms with Crippen molar-refractivity contribution in [3.63, 3.8) is 0 Å². The second-order valence-electron chi connectivity index (χ2n) is 4.07. The average Bonchev–Trinajstić information content (AvgIpc) is 2.69. The summed E-state index contributed by atoms with van der Waals surface area (Å²) in [6.45, 7) is 7.51. The number of methoxy groups -OCH3 is 1. The van der Waals surface area contributed by atoms with Crippen molar-refractivity contribution in [1.29, 1.82) is 0 Å². The lowest BCUT2D eigenvalue weighted by atomic mass is 10.0. The Morgan fingerprint density at radius 1 is 1.44 bits per heavy atom. The average molecular weight is 241 g/mol. The van der Waals surface area contributed by atoms with Crippen molar-refractivity contribution in [2.24, 2.45) is 0 Å². The van der Waals surface area contributed by atoms with E-state index in [1.165, 1.54) is 10.4 Å². The number of hydrogen-bond acceptors (Lipinski definition) is 3. The van der Waals surface area contributed by atoms with E-state index in [0.29, 0.717) is 6.04 Å².